The number of carbonyl (C=O) groups excluding carboxylic acids is 3. The van der Waals surface area contributed by atoms with Gasteiger partial charge >= 0.3 is 12.1 Å². The van der Waals surface area contributed by atoms with Gasteiger partial charge in [0.15, 0.2) is 5.54 Å². The molecule has 2 amide bonds. The third-order valence-corrected chi connectivity index (χ3v) is 4.79. The van der Waals surface area contributed by atoms with Crippen LogP contribution in [0, 0.1) is 0 Å². The van der Waals surface area contributed by atoms with E-state index in [4.69, 9.17) is 9.47 Å². The van der Waals surface area contributed by atoms with Gasteiger partial charge in [-0.3, -0.25) is 9.69 Å². The molecule has 0 aliphatic heterocycles. The summed E-state index contributed by atoms with van der Waals surface area (Å²) < 4.78 is 11.5. The van der Waals surface area contributed by atoms with Crippen LogP contribution in [0.5, 0.6) is 0 Å². The molecule has 0 aromatic heterocycles. The number of benzene rings is 1. The molecule has 1 aromatic rings. The zero-order chi connectivity index (χ0) is 22.9. The minimum atomic E-state index is -1.39. The first kappa shape index (κ1) is 25.9. The lowest BCUT2D eigenvalue weighted by Gasteiger charge is -2.31. The van der Waals surface area contributed by atoms with Crippen molar-refractivity contribution in [2.75, 3.05) is 19.7 Å². The van der Waals surface area contributed by atoms with Gasteiger partial charge in [0.25, 0.3) is 0 Å². The standard InChI is InChI=1S/C22H33BrN2O5/c1-7-9-14-25(20(28)30-21(3,4)5)15-18(26)24-22(6,19(27)29-8-2)16-10-12-17(23)13-11-16/h10-13H,7-9,14-15H2,1-6H3,(H,24,26). The summed E-state index contributed by atoms with van der Waals surface area (Å²) in [6.45, 7) is 11.0. The lowest BCUT2D eigenvalue weighted by atomic mass is 9.92. The Balaban J connectivity index is 3.06. The summed E-state index contributed by atoms with van der Waals surface area (Å²) in [5, 5.41) is 2.76. The number of esters is 1. The van der Waals surface area contributed by atoms with Gasteiger partial charge in [0, 0.05) is 11.0 Å². The second kappa shape index (κ2) is 11.3. The molecule has 0 fully saturated rings. The summed E-state index contributed by atoms with van der Waals surface area (Å²) >= 11 is 3.37. The van der Waals surface area contributed by atoms with Crippen molar-refractivity contribution in [3.8, 4) is 0 Å². The fourth-order valence-electron chi connectivity index (χ4n) is 2.70. The summed E-state index contributed by atoms with van der Waals surface area (Å²) in [5.74, 6) is -1.05. The molecule has 7 nitrogen and oxygen atoms in total. The fraction of sp³-hybridized carbons (Fsp3) is 0.591. The normalized spacial score (nSPS) is 13.2. The van der Waals surface area contributed by atoms with Gasteiger partial charge in [-0.15, -0.1) is 0 Å². The number of carbonyl (C=O) groups is 3. The van der Waals surface area contributed by atoms with Crippen LogP contribution in [0.15, 0.2) is 28.7 Å². The molecule has 0 aliphatic rings. The lowest BCUT2D eigenvalue weighted by molar-refractivity contribution is -0.153. The Kier molecular flexibility index (Phi) is 9.81. The number of ether oxygens (including phenoxy) is 2. The van der Waals surface area contributed by atoms with Crippen molar-refractivity contribution < 1.29 is 23.9 Å². The van der Waals surface area contributed by atoms with E-state index in [1.165, 1.54) is 4.90 Å². The van der Waals surface area contributed by atoms with Gasteiger partial charge in [-0.05, 0) is 58.7 Å². The summed E-state index contributed by atoms with van der Waals surface area (Å²) in [6, 6.07) is 7.05. The van der Waals surface area contributed by atoms with Crippen molar-refractivity contribution >= 4 is 33.9 Å². The van der Waals surface area contributed by atoms with Gasteiger partial charge < -0.3 is 14.8 Å². The van der Waals surface area contributed by atoms with E-state index in [2.05, 4.69) is 21.2 Å². The van der Waals surface area contributed by atoms with Crippen LogP contribution in [0.4, 0.5) is 4.79 Å². The molecular weight excluding hydrogens is 452 g/mol. The quantitative estimate of drug-likeness (QED) is 0.525. The molecule has 1 aromatic carbocycles. The molecule has 1 unspecified atom stereocenters. The predicted octanol–water partition coefficient (Wildman–Crippen LogP) is 4.38. The van der Waals surface area contributed by atoms with E-state index in [0.717, 1.165) is 17.3 Å². The average Bonchev–Trinajstić information content (AvgIpc) is 2.64. The Morgan fingerprint density at radius 1 is 1.07 bits per heavy atom. The Morgan fingerprint density at radius 3 is 2.17 bits per heavy atom. The molecule has 0 aliphatic carbocycles. The van der Waals surface area contributed by atoms with Crippen LogP contribution >= 0.6 is 15.9 Å². The summed E-state index contributed by atoms with van der Waals surface area (Å²) in [5.41, 5.74) is -1.48. The number of hydrogen-bond donors (Lipinski definition) is 1. The minimum Gasteiger partial charge on any atom is -0.464 e. The fourth-order valence-corrected chi connectivity index (χ4v) is 2.97. The van der Waals surface area contributed by atoms with E-state index in [0.29, 0.717) is 12.1 Å². The zero-order valence-corrected chi connectivity index (χ0v) is 20.3. The van der Waals surface area contributed by atoms with E-state index in [1.807, 2.05) is 6.92 Å². The Labute approximate surface area is 187 Å². The van der Waals surface area contributed by atoms with Crippen LogP contribution in [-0.2, 0) is 24.6 Å². The van der Waals surface area contributed by atoms with Crippen molar-refractivity contribution in [1.82, 2.24) is 10.2 Å². The maximum Gasteiger partial charge on any atom is 0.410 e. The first-order chi connectivity index (χ1) is 13.9. The van der Waals surface area contributed by atoms with E-state index >= 15 is 0 Å². The highest BCUT2D eigenvalue weighted by atomic mass is 79.9. The molecule has 0 radical (unpaired) electrons. The predicted molar refractivity (Wildman–Crippen MR) is 119 cm³/mol. The number of nitrogens with zero attached hydrogens (tertiary/aromatic N) is 1. The van der Waals surface area contributed by atoms with Gasteiger partial charge in [-0.1, -0.05) is 41.4 Å². The van der Waals surface area contributed by atoms with Crippen molar-refractivity contribution in [2.24, 2.45) is 0 Å². The summed E-state index contributed by atoms with van der Waals surface area (Å²) in [6.07, 6.45) is 1.03. The number of unbranched alkanes of at least 4 members (excludes halogenated alkanes) is 1. The average molecular weight is 485 g/mol. The molecule has 1 N–H and O–H groups in total. The van der Waals surface area contributed by atoms with Crippen LogP contribution in [0.25, 0.3) is 0 Å². The largest absolute Gasteiger partial charge is 0.464 e. The van der Waals surface area contributed by atoms with Crippen LogP contribution in [-0.4, -0.2) is 48.2 Å². The Bertz CT molecular complexity index is 730. The van der Waals surface area contributed by atoms with Crippen molar-refractivity contribution in [2.45, 2.75) is 65.5 Å². The highest BCUT2D eigenvalue weighted by Crippen LogP contribution is 2.25. The first-order valence-corrected chi connectivity index (χ1v) is 10.9. The van der Waals surface area contributed by atoms with Crippen LogP contribution < -0.4 is 5.32 Å². The zero-order valence-electron chi connectivity index (χ0n) is 18.7. The Hall–Kier alpha value is -2.09. The summed E-state index contributed by atoms with van der Waals surface area (Å²) in [4.78, 5) is 39.5. The van der Waals surface area contributed by atoms with Gasteiger partial charge in [0.1, 0.15) is 12.1 Å². The summed E-state index contributed by atoms with van der Waals surface area (Å²) in [7, 11) is 0. The van der Waals surface area contributed by atoms with Crippen LogP contribution in [0.1, 0.15) is 59.9 Å². The van der Waals surface area contributed by atoms with E-state index in [1.54, 1.807) is 58.9 Å². The molecule has 1 rings (SSSR count). The van der Waals surface area contributed by atoms with Crippen LogP contribution in [0.2, 0.25) is 0 Å². The SMILES string of the molecule is CCCCN(CC(=O)NC(C)(C(=O)OCC)c1ccc(Br)cc1)C(=O)OC(C)(C)C. The van der Waals surface area contributed by atoms with E-state index in [9.17, 15) is 14.4 Å². The third-order valence-electron chi connectivity index (χ3n) is 4.26. The second-order valence-corrected chi connectivity index (χ2v) is 9.07. The molecule has 30 heavy (non-hydrogen) atoms. The number of hydrogen-bond acceptors (Lipinski definition) is 5. The van der Waals surface area contributed by atoms with Crippen molar-refractivity contribution in [3.05, 3.63) is 34.3 Å². The third kappa shape index (κ3) is 7.97. The van der Waals surface area contributed by atoms with Gasteiger partial charge in [0.05, 0.1) is 6.61 Å². The number of halogens is 1. The molecule has 0 heterocycles. The highest BCUT2D eigenvalue weighted by Gasteiger charge is 2.39. The minimum absolute atomic E-state index is 0.182. The second-order valence-electron chi connectivity index (χ2n) is 8.16. The van der Waals surface area contributed by atoms with E-state index < -0.39 is 29.1 Å². The van der Waals surface area contributed by atoms with Crippen molar-refractivity contribution in [1.29, 1.82) is 0 Å². The van der Waals surface area contributed by atoms with E-state index in [-0.39, 0.29) is 13.2 Å². The monoisotopic (exact) mass is 484 g/mol. The molecular formula is C22H33BrN2O5. The first-order valence-electron chi connectivity index (χ1n) is 10.1. The molecule has 1 atom stereocenters. The number of rotatable bonds is 9. The molecule has 168 valence electrons. The molecule has 0 saturated heterocycles. The number of nitrogens with one attached hydrogen (secondary N) is 1. The maximum atomic E-state index is 12.9. The maximum absolute atomic E-state index is 12.9. The smallest absolute Gasteiger partial charge is 0.410 e. The van der Waals surface area contributed by atoms with Gasteiger partial charge in [0.2, 0.25) is 5.91 Å². The van der Waals surface area contributed by atoms with Crippen LogP contribution in [0.3, 0.4) is 0 Å². The van der Waals surface area contributed by atoms with Gasteiger partial charge in [-0.2, -0.15) is 0 Å². The molecule has 0 spiro atoms. The van der Waals surface area contributed by atoms with Gasteiger partial charge in [-0.25, -0.2) is 9.59 Å². The molecule has 0 bridgehead atoms. The van der Waals surface area contributed by atoms with Crippen molar-refractivity contribution in [3.63, 3.8) is 0 Å². The lowest BCUT2D eigenvalue weighted by Crippen LogP contribution is -2.53. The Morgan fingerprint density at radius 2 is 1.67 bits per heavy atom. The molecule has 8 heteroatoms. The highest BCUT2D eigenvalue weighted by molar-refractivity contribution is 9.10. The molecule has 0 saturated carbocycles. The number of amides is 2. The topological polar surface area (TPSA) is 84.9 Å².